The van der Waals surface area contributed by atoms with Crippen LogP contribution < -0.4 is 4.74 Å². The summed E-state index contributed by atoms with van der Waals surface area (Å²) in [5, 5.41) is 7.91. The molecule has 3 rings (SSSR count). The SMILES string of the molecule is COc1ccc(-c2noc(Cn3cncn3)n2)cc1. The second-order valence-electron chi connectivity index (χ2n) is 3.83. The zero-order chi connectivity index (χ0) is 13.1. The number of rotatable bonds is 4. The molecule has 1 aromatic carbocycles. The highest BCUT2D eigenvalue weighted by molar-refractivity contribution is 5.55. The van der Waals surface area contributed by atoms with E-state index in [9.17, 15) is 0 Å². The first kappa shape index (κ1) is 11.4. The van der Waals surface area contributed by atoms with Crippen molar-refractivity contribution in [1.29, 1.82) is 0 Å². The molecule has 0 saturated carbocycles. The summed E-state index contributed by atoms with van der Waals surface area (Å²) in [6.45, 7) is 0.406. The molecule has 0 unspecified atom stereocenters. The van der Waals surface area contributed by atoms with Crippen molar-refractivity contribution < 1.29 is 9.26 Å². The zero-order valence-electron chi connectivity index (χ0n) is 10.2. The molecule has 0 radical (unpaired) electrons. The predicted octanol–water partition coefficient (Wildman–Crippen LogP) is 1.38. The van der Waals surface area contributed by atoms with Crippen LogP contribution in [0.1, 0.15) is 5.89 Å². The van der Waals surface area contributed by atoms with Crippen LogP contribution in [0.25, 0.3) is 11.4 Å². The highest BCUT2D eigenvalue weighted by atomic mass is 16.5. The summed E-state index contributed by atoms with van der Waals surface area (Å²) in [5.41, 5.74) is 0.870. The number of methoxy groups -OCH3 is 1. The lowest BCUT2D eigenvalue weighted by Crippen LogP contribution is -1.99. The Balaban J connectivity index is 1.80. The maximum absolute atomic E-state index is 5.17. The minimum Gasteiger partial charge on any atom is -0.497 e. The van der Waals surface area contributed by atoms with Gasteiger partial charge in [0.1, 0.15) is 24.9 Å². The van der Waals surface area contributed by atoms with Crippen LogP contribution in [0.15, 0.2) is 41.4 Å². The van der Waals surface area contributed by atoms with Crippen LogP contribution >= 0.6 is 0 Å². The minimum absolute atomic E-state index is 0.406. The zero-order valence-corrected chi connectivity index (χ0v) is 10.2. The molecule has 7 heteroatoms. The molecule has 96 valence electrons. The molecule has 3 aromatic rings. The van der Waals surface area contributed by atoms with Crippen LogP contribution in [-0.4, -0.2) is 32.0 Å². The molecule has 2 heterocycles. The van der Waals surface area contributed by atoms with E-state index < -0.39 is 0 Å². The molecular formula is C12H11N5O2. The first-order valence-electron chi connectivity index (χ1n) is 5.64. The number of benzene rings is 1. The van der Waals surface area contributed by atoms with Crippen LogP contribution in [0.5, 0.6) is 5.75 Å². The Morgan fingerprint density at radius 2 is 2.11 bits per heavy atom. The number of aromatic nitrogens is 5. The van der Waals surface area contributed by atoms with E-state index in [0.717, 1.165) is 11.3 Å². The number of hydrogen-bond acceptors (Lipinski definition) is 6. The Hall–Kier alpha value is -2.70. The fraction of sp³-hybridized carbons (Fsp3) is 0.167. The van der Waals surface area contributed by atoms with Crippen molar-refractivity contribution in [2.75, 3.05) is 7.11 Å². The van der Waals surface area contributed by atoms with Gasteiger partial charge in [-0.3, -0.25) is 0 Å². The Bertz CT molecular complexity index is 645. The monoisotopic (exact) mass is 257 g/mol. The molecule has 0 amide bonds. The molecule has 0 atom stereocenters. The van der Waals surface area contributed by atoms with E-state index in [1.807, 2.05) is 24.3 Å². The molecule has 0 fully saturated rings. The van der Waals surface area contributed by atoms with E-state index >= 15 is 0 Å². The average molecular weight is 257 g/mol. The summed E-state index contributed by atoms with van der Waals surface area (Å²) in [4.78, 5) is 8.15. The fourth-order valence-electron chi connectivity index (χ4n) is 1.63. The van der Waals surface area contributed by atoms with Crippen molar-refractivity contribution in [3.63, 3.8) is 0 Å². The van der Waals surface area contributed by atoms with Gasteiger partial charge in [-0.25, -0.2) is 9.67 Å². The highest BCUT2D eigenvalue weighted by Crippen LogP contribution is 2.19. The van der Waals surface area contributed by atoms with Gasteiger partial charge in [-0.2, -0.15) is 10.1 Å². The summed E-state index contributed by atoms with van der Waals surface area (Å²) in [6, 6.07) is 7.46. The van der Waals surface area contributed by atoms with Gasteiger partial charge in [-0.15, -0.1) is 0 Å². The Labute approximate surface area is 108 Å². The van der Waals surface area contributed by atoms with Gasteiger partial charge in [0.05, 0.1) is 7.11 Å². The third kappa shape index (κ3) is 2.44. The Morgan fingerprint density at radius 1 is 1.26 bits per heavy atom. The molecule has 2 aromatic heterocycles. The van der Waals surface area contributed by atoms with Gasteiger partial charge >= 0.3 is 0 Å². The maximum atomic E-state index is 5.17. The lowest BCUT2D eigenvalue weighted by molar-refractivity contribution is 0.366. The molecular weight excluding hydrogens is 246 g/mol. The van der Waals surface area contributed by atoms with Crippen molar-refractivity contribution in [2.24, 2.45) is 0 Å². The second kappa shape index (κ2) is 4.89. The molecule has 0 saturated heterocycles. The van der Waals surface area contributed by atoms with Crippen molar-refractivity contribution in [2.45, 2.75) is 6.54 Å². The molecule has 19 heavy (non-hydrogen) atoms. The Morgan fingerprint density at radius 3 is 2.79 bits per heavy atom. The van der Waals surface area contributed by atoms with E-state index in [0.29, 0.717) is 18.3 Å². The van der Waals surface area contributed by atoms with Crippen LogP contribution in [0.2, 0.25) is 0 Å². The van der Waals surface area contributed by atoms with E-state index in [2.05, 4.69) is 20.2 Å². The fourth-order valence-corrected chi connectivity index (χ4v) is 1.63. The van der Waals surface area contributed by atoms with Gasteiger partial charge < -0.3 is 9.26 Å². The molecule has 0 aliphatic rings. The third-order valence-electron chi connectivity index (χ3n) is 2.58. The molecule has 0 aliphatic heterocycles. The summed E-state index contributed by atoms with van der Waals surface area (Å²) in [6.07, 6.45) is 3.05. The minimum atomic E-state index is 0.406. The van der Waals surface area contributed by atoms with Gasteiger partial charge in [-0.1, -0.05) is 5.16 Å². The van der Waals surface area contributed by atoms with E-state index in [1.54, 1.807) is 18.1 Å². The lowest BCUT2D eigenvalue weighted by atomic mass is 10.2. The first-order chi connectivity index (χ1) is 9.35. The summed E-state index contributed by atoms with van der Waals surface area (Å²) in [5.74, 6) is 1.81. The van der Waals surface area contributed by atoms with Crippen LogP contribution in [0.3, 0.4) is 0 Å². The van der Waals surface area contributed by atoms with E-state index in [-0.39, 0.29) is 0 Å². The standard InChI is InChI=1S/C12H11N5O2/c1-18-10-4-2-9(3-5-10)12-15-11(19-16-12)6-17-8-13-7-14-17/h2-5,7-8H,6H2,1H3. The van der Waals surface area contributed by atoms with Crippen LogP contribution in [-0.2, 0) is 6.54 Å². The van der Waals surface area contributed by atoms with E-state index in [4.69, 9.17) is 9.26 Å². The number of nitrogens with zero attached hydrogens (tertiary/aromatic N) is 5. The molecule has 0 aliphatic carbocycles. The normalized spacial score (nSPS) is 10.6. The topological polar surface area (TPSA) is 78.9 Å². The number of ether oxygens (including phenoxy) is 1. The molecule has 0 spiro atoms. The first-order valence-corrected chi connectivity index (χ1v) is 5.64. The second-order valence-corrected chi connectivity index (χ2v) is 3.83. The van der Waals surface area contributed by atoms with Crippen LogP contribution in [0.4, 0.5) is 0 Å². The highest BCUT2D eigenvalue weighted by Gasteiger charge is 2.09. The lowest BCUT2D eigenvalue weighted by Gasteiger charge is -1.98. The molecule has 7 nitrogen and oxygen atoms in total. The maximum Gasteiger partial charge on any atom is 0.248 e. The van der Waals surface area contributed by atoms with Gasteiger partial charge in [0, 0.05) is 5.56 Å². The van der Waals surface area contributed by atoms with Crippen molar-refractivity contribution in [3.05, 3.63) is 42.8 Å². The molecule has 0 N–H and O–H groups in total. The summed E-state index contributed by atoms with van der Waals surface area (Å²) in [7, 11) is 1.62. The largest absolute Gasteiger partial charge is 0.497 e. The van der Waals surface area contributed by atoms with Gasteiger partial charge in [0.15, 0.2) is 0 Å². The van der Waals surface area contributed by atoms with Crippen LogP contribution in [0, 0.1) is 0 Å². The predicted molar refractivity (Wildman–Crippen MR) is 65.4 cm³/mol. The van der Waals surface area contributed by atoms with Crippen molar-refractivity contribution >= 4 is 0 Å². The van der Waals surface area contributed by atoms with E-state index in [1.165, 1.54) is 6.33 Å². The van der Waals surface area contributed by atoms with Gasteiger partial charge in [0.2, 0.25) is 11.7 Å². The smallest absolute Gasteiger partial charge is 0.248 e. The van der Waals surface area contributed by atoms with Crippen molar-refractivity contribution in [3.8, 4) is 17.1 Å². The Kier molecular flexibility index (Phi) is 2.93. The third-order valence-corrected chi connectivity index (χ3v) is 2.58. The summed E-state index contributed by atoms with van der Waals surface area (Å²) >= 11 is 0. The quantitative estimate of drug-likeness (QED) is 0.702. The molecule has 0 bridgehead atoms. The average Bonchev–Trinajstić information content (AvgIpc) is 3.11. The number of hydrogen-bond donors (Lipinski definition) is 0. The van der Waals surface area contributed by atoms with Gasteiger partial charge in [-0.05, 0) is 24.3 Å². The summed E-state index contributed by atoms with van der Waals surface area (Å²) < 4.78 is 11.9. The van der Waals surface area contributed by atoms with Crippen molar-refractivity contribution in [1.82, 2.24) is 24.9 Å². The van der Waals surface area contributed by atoms with Gasteiger partial charge in [0.25, 0.3) is 0 Å².